The zero-order valence-electron chi connectivity index (χ0n) is 13.8. The predicted molar refractivity (Wildman–Crippen MR) is 92.6 cm³/mol. The standard InChI is InChI=1S/C17H22N2O3S/c1-19(2)14(13-7-8-23-11-13)10-18-17(20)12-5-6-15(21-3)16(9-12)22-4/h5-9,11,14H,10H2,1-4H3,(H,18,20)/t14-/m1/s1. The first-order valence-electron chi connectivity index (χ1n) is 7.25. The van der Waals surface area contributed by atoms with Crippen molar-refractivity contribution in [2.75, 3.05) is 34.9 Å². The number of rotatable bonds is 7. The summed E-state index contributed by atoms with van der Waals surface area (Å²) in [6.07, 6.45) is 0. The SMILES string of the molecule is COc1ccc(C(=O)NC[C@H](c2ccsc2)N(C)C)cc1OC. The highest BCUT2D eigenvalue weighted by Crippen LogP contribution is 2.27. The highest BCUT2D eigenvalue weighted by atomic mass is 32.1. The van der Waals surface area contributed by atoms with Gasteiger partial charge < -0.3 is 19.7 Å². The topological polar surface area (TPSA) is 50.8 Å². The Morgan fingerprint density at radius 3 is 2.52 bits per heavy atom. The molecule has 0 aliphatic heterocycles. The number of nitrogens with zero attached hydrogens (tertiary/aromatic N) is 1. The van der Waals surface area contributed by atoms with E-state index in [0.717, 1.165) is 0 Å². The van der Waals surface area contributed by atoms with Crippen LogP contribution in [0.2, 0.25) is 0 Å². The molecule has 0 radical (unpaired) electrons. The smallest absolute Gasteiger partial charge is 0.251 e. The maximum atomic E-state index is 12.4. The van der Waals surface area contributed by atoms with Gasteiger partial charge in [-0.05, 0) is 54.7 Å². The molecule has 2 rings (SSSR count). The molecule has 0 saturated heterocycles. The van der Waals surface area contributed by atoms with Crippen LogP contribution in [0.15, 0.2) is 35.0 Å². The second-order valence-electron chi connectivity index (χ2n) is 5.32. The van der Waals surface area contributed by atoms with Gasteiger partial charge in [-0.15, -0.1) is 0 Å². The Kier molecular flexibility index (Phi) is 6.01. The van der Waals surface area contributed by atoms with Gasteiger partial charge in [0.05, 0.1) is 20.3 Å². The lowest BCUT2D eigenvalue weighted by Gasteiger charge is -2.24. The summed E-state index contributed by atoms with van der Waals surface area (Å²) in [5.74, 6) is 1.02. The van der Waals surface area contributed by atoms with Crippen molar-refractivity contribution in [3.63, 3.8) is 0 Å². The molecule has 1 aromatic carbocycles. The summed E-state index contributed by atoms with van der Waals surface area (Å²) < 4.78 is 10.4. The van der Waals surface area contributed by atoms with Crippen molar-refractivity contribution in [1.82, 2.24) is 10.2 Å². The molecule has 0 spiro atoms. The minimum absolute atomic E-state index is 0.131. The molecule has 1 heterocycles. The zero-order valence-corrected chi connectivity index (χ0v) is 14.6. The fourth-order valence-corrected chi connectivity index (χ4v) is 3.04. The first-order valence-corrected chi connectivity index (χ1v) is 8.19. The van der Waals surface area contributed by atoms with Crippen molar-refractivity contribution in [2.45, 2.75) is 6.04 Å². The van der Waals surface area contributed by atoms with Crippen LogP contribution in [0.1, 0.15) is 22.0 Å². The van der Waals surface area contributed by atoms with Crippen LogP contribution in [-0.2, 0) is 0 Å². The molecule has 124 valence electrons. The lowest BCUT2D eigenvalue weighted by atomic mass is 10.1. The van der Waals surface area contributed by atoms with Crippen molar-refractivity contribution < 1.29 is 14.3 Å². The van der Waals surface area contributed by atoms with E-state index in [4.69, 9.17) is 9.47 Å². The van der Waals surface area contributed by atoms with Crippen molar-refractivity contribution >= 4 is 17.2 Å². The number of hydrogen-bond donors (Lipinski definition) is 1. The molecule has 1 N–H and O–H groups in total. The average molecular weight is 334 g/mol. The third kappa shape index (κ3) is 4.24. The van der Waals surface area contributed by atoms with E-state index in [1.807, 2.05) is 19.5 Å². The predicted octanol–water partition coefficient (Wildman–Crippen LogP) is 2.80. The van der Waals surface area contributed by atoms with E-state index in [9.17, 15) is 4.79 Å². The summed E-state index contributed by atoms with van der Waals surface area (Å²) in [5, 5.41) is 7.13. The second-order valence-corrected chi connectivity index (χ2v) is 6.10. The van der Waals surface area contributed by atoms with E-state index in [-0.39, 0.29) is 11.9 Å². The van der Waals surface area contributed by atoms with E-state index >= 15 is 0 Å². The number of methoxy groups -OCH3 is 2. The molecule has 2 aromatic rings. The number of carbonyl (C=O) groups excluding carboxylic acids is 1. The summed E-state index contributed by atoms with van der Waals surface area (Å²) >= 11 is 1.66. The molecular formula is C17H22N2O3S. The molecule has 23 heavy (non-hydrogen) atoms. The average Bonchev–Trinajstić information content (AvgIpc) is 3.08. The third-order valence-corrected chi connectivity index (χ3v) is 4.35. The second kappa shape index (κ2) is 7.99. The zero-order chi connectivity index (χ0) is 16.8. The Bertz CT molecular complexity index is 641. The van der Waals surface area contributed by atoms with Crippen LogP contribution < -0.4 is 14.8 Å². The monoisotopic (exact) mass is 334 g/mol. The Hall–Kier alpha value is -2.05. The fraction of sp³-hybridized carbons (Fsp3) is 0.353. The summed E-state index contributed by atoms with van der Waals surface area (Å²) in [6, 6.07) is 7.37. The Balaban J connectivity index is 2.06. The van der Waals surface area contributed by atoms with Crippen molar-refractivity contribution in [1.29, 1.82) is 0 Å². The van der Waals surface area contributed by atoms with E-state index in [1.54, 1.807) is 43.8 Å². The normalized spacial score (nSPS) is 12.0. The van der Waals surface area contributed by atoms with E-state index < -0.39 is 0 Å². The van der Waals surface area contributed by atoms with Gasteiger partial charge in [0.15, 0.2) is 11.5 Å². The van der Waals surface area contributed by atoms with Gasteiger partial charge in [0.1, 0.15) is 0 Å². The summed E-state index contributed by atoms with van der Waals surface area (Å²) in [5.41, 5.74) is 1.75. The lowest BCUT2D eigenvalue weighted by Crippen LogP contribution is -2.34. The van der Waals surface area contributed by atoms with Crippen LogP contribution in [-0.4, -0.2) is 45.7 Å². The van der Waals surface area contributed by atoms with Gasteiger partial charge in [-0.2, -0.15) is 11.3 Å². The van der Waals surface area contributed by atoms with Gasteiger partial charge in [-0.3, -0.25) is 4.79 Å². The molecule has 1 atom stereocenters. The molecule has 5 nitrogen and oxygen atoms in total. The third-order valence-electron chi connectivity index (χ3n) is 3.65. The largest absolute Gasteiger partial charge is 0.493 e. The Morgan fingerprint density at radius 1 is 1.22 bits per heavy atom. The number of ether oxygens (including phenoxy) is 2. The quantitative estimate of drug-likeness (QED) is 0.846. The summed E-state index contributed by atoms with van der Waals surface area (Å²) in [4.78, 5) is 14.5. The summed E-state index contributed by atoms with van der Waals surface area (Å²) in [7, 11) is 7.13. The number of hydrogen-bond acceptors (Lipinski definition) is 5. The molecular weight excluding hydrogens is 312 g/mol. The van der Waals surface area contributed by atoms with Gasteiger partial charge in [0.25, 0.3) is 5.91 Å². The molecule has 0 fully saturated rings. The number of amides is 1. The summed E-state index contributed by atoms with van der Waals surface area (Å²) in [6.45, 7) is 0.539. The van der Waals surface area contributed by atoms with Gasteiger partial charge in [0.2, 0.25) is 0 Å². The molecule has 1 amide bonds. The first kappa shape index (κ1) is 17.3. The molecule has 1 aromatic heterocycles. The minimum Gasteiger partial charge on any atom is -0.493 e. The Morgan fingerprint density at radius 2 is 1.96 bits per heavy atom. The van der Waals surface area contributed by atoms with Gasteiger partial charge in [0, 0.05) is 12.1 Å². The molecule has 0 aliphatic rings. The number of carbonyl (C=O) groups is 1. The van der Waals surface area contributed by atoms with Crippen LogP contribution in [0, 0.1) is 0 Å². The number of nitrogens with one attached hydrogen (secondary N) is 1. The number of likely N-dealkylation sites (N-methyl/N-ethyl adjacent to an activating group) is 1. The van der Waals surface area contributed by atoms with E-state index in [1.165, 1.54) is 5.56 Å². The maximum Gasteiger partial charge on any atom is 0.251 e. The van der Waals surface area contributed by atoms with Crippen molar-refractivity contribution in [2.24, 2.45) is 0 Å². The molecule has 0 aliphatic carbocycles. The van der Waals surface area contributed by atoms with Gasteiger partial charge >= 0.3 is 0 Å². The number of thiophene rings is 1. The molecule has 6 heteroatoms. The first-order chi connectivity index (χ1) is 11.1. The van der Waals surface area contributed by atoms with Gasteiger partial charge in [-0.25, -0.2) is 0 Å². The Labute approximate surface area is 140 Å². The highest BCUT2D eigenvalue weighted by molar-refractivity contribution is 7.07. The lowest BCUT2D eigenvalue weighted by molar-refractivity contribution is 0.0941. The number of benzene rings is 1. The molecule has 0 bridgehead atoms. The van der Waals surface area contributed by atoms with Crippen LogP contribution in [0.3, 0.4) is 0 Å². The molecule has 0 saturated carbocycles. The van der Waals surface area contributed by atoms with Crippen LogP contribution >= 0.6 is 11.3 Å². The fourth-order valence-electron chi connectivity index (χ4n) is 2.33. The highest BCUT2D eigenvalue weighted by Gasteiger charge is 2.17. The van der Waals surface area contributed by atoms with Crippen LogP contribution in [0.4, 0.5) is 0 Å². The maximum absolute atomic E-state index is 12.4. The van der Waals surface area contributed by atoms with Crippen molar-refractivity contribution in [3.05, 3.63) is 46.2 Å². The van der Waals surface area contributed by atoms with Crippen LogP contribution in [0.25, 0.3) is 0 Å². The van der Waals surface area contributed by atoms with E-state index in [0.29, 0.717) is 23.6 Å². The van der Waals surface area contributed by atoms with Gasteiger partial charge in [-0.1, -0.05) is 0 Å². The van der Waals surface area contributed by atoms with Crippen LogP contribution in [0.5, 0.6) is 11.5 Å². The molecule has 0 unspecified atom stereocenters. The minimum atomic E-state index is -0.131. The van der Waals surface area contributed by atoms with E-state index in [2.05, 4.69) is 21.7 Å². The van der Waals surface area contributed by atoms with Crippen molar-refractivity contribution in [3.8, 4) is 11.5 Å².